The number of halogens is 1. The Labute approximate surface area is 162 Å². The minimum absolute atomic E-state index is 0.0343. The van der Waals surface area contributed by atoms with Gasteiger partial charge in [-0.05, 0) is 49.2 Å². The standard InChI is InChI=1S/C19H19FN2O5S/c20-13-3-6-15(7-4-13)28(24,25)22-9-1-2-16(22)19(23)21-14-5-8-17-18(12-14)27-11-10-26-17/h3-8,12,16H,1-2,9-11H2,(H,21,23)/t16-/m0/s1. The first kappa shape index (κ1) is 18.7. The van der Waals surface area contributed by atoms with Crippen LogP contribution in [0.1, 0.15) is 12.8 Å². The highest BCUT2D eigenvalue weighted by molar-refractivity contribution is 7.89. The third-order valence-electron chi connectivity index (χ3n) is 4.74. The molecule has 2 aromatic rings. The Bertz CT molecular complexity index is 994. The zero-order valence-corrected chi connectivity index (χ0v) is 15.7. The van der Waals surface area contributed by atoms with Gasteiger partial charge in [-0.2, -0.15) is 4.31 Å². The van der Waals surface area contributed by atoms with E-state index in [1.165, 1.54) is 16.4 Å². The monoisotopic (exact) mass is 406 g/mol. The third kappa shape index (κ3) is 3.55. The molecule has 0 bridgehead atoms. The summed E-state index contributed by atoms with van der Waals surface area (Å²) in [5.41, 5.74) is 0.500. The molecule has 1 atom stereocenters. The van der Waals surface area contributed by atoms with Gasteiger partial charge in [-0.1, -0.05) is 0 Å². The molecular formula is C19H19FN2O5S. The van der Waals surface area contributed by atoms with E-state index in [1.807, 2.05) is 0 Å². The maximum absolute atomic E-state index is 13.1. The summed E-state index contributed by atoms with van der Waals surface area (Å²) in [5, 5.41) is 2.76. The van der Waals surface area contributed by atoms with E-state index in [9.17, 15) is 17.6 Å². The highest BCUT2D eigenvalue weighted by atomic mass is 32.2. The SMILES string of the molecule is O=C(Nc1ccc2c(c1)OCCO2)[C@@H]1CCCN1S(=O)(=O)c1ccc(F)cc1. The molecule has 1 fully saturated rings. The summed E-state index contributed by atoms with van der Waals surface area (Å²) in [6.45, 7) is 1.13. The summed E-state index contributed by atoms with van der Waals surface area (Å²) < 4.78 is 51.0. The van der Waals surface area contributed by atoms with Crippen LogP contribution in [-0.4, -0.2) is 44.4 Å². The van der Waals surface area contributed by atoms with Gasteiger partial charge in [-0.15, -0.1) is 0 Å². The van der Waals surface area contributed by atoms with E-state index in [2.05, 4.69) is 5.32 Å². The highest BCUT2D eigenvalue weighted by Gasteiger charge is 2.39. The minimum atomic E-state index is -3.90. The van der Waals surface area contributed by atoms with Crippen LogP contribution in [0.25, 0.3) is 0 Å². The highest BCUT2D eigenvalue weighted by Crippen LogP contribution is 2.33. The van der Waals surface area contributed by atoms with E-state index in [1.54, 1.807) is 18.2 Å². The van der Waals surface area contributed by atoms with Crippen LogP contribution in [0, 0.1) is 5.82 Å². The molecule has 0 aliphatic carbocycles. The Kier molecular flexibility index (Phi) is 4.94. The lowest BCUT2D eigenvalue weighted by Gasteiger charge is -2.24. The second kappa shape index (κ2) is 7.40. The lowest BCUT2D eigenvalue weighted by Crippen LogP contribution is -2.43. The number of fused-ring (bicyclic) bond motifs is 1. The molecule has 28 heavy (non-hydrogen) atoms. The molecule has 0 aromatic heterocycles. The molecule has 0 unspecified atom stereocenters. The number of carbonyl (C=O) groups excluding carboxylic acids is 1. The number of nitrogens with one attached hydrogen (secondary N) is 1. The lowest BCUT2D eigenvalue weighted by atomic mass is 10.2. The van der Waals surface area contributed by atoms with Crippen LogP contribution in [0.4, 0.5) is 10.1 Å². The predicted octanol–water partition coefficient (Wildman–Crippen LogP) is 2.39. The lowest BCUT2D eigenvalue weighted by molar-refractivity contribution is -0.119. The molecule has 2 aromatic carbocycles. The van der Waals surface area contributed by atoms with Crippen molar-refractivity contribution in [2.75, 3.05) is 25.1 Å². The quantitative estimate of drug-likeness (QED) is 0.843. The molecule has 2 aliphatic rings. The zero-order valence-electron chi connectivity index (χ0n) is 14.9. The van der Waals surface area contributed by atoms with E-state index in [0.717, 1.165) is 12.1 Å². The van der Waals surface area contributed by atoms with Crippen molar-refractivity contribution in [3.8, 4) is 11.5 Å². The Morgan fingerprint density at radius 3 is 2.54 bits per heavy atom. The molecule has 7 nitrogen and oxygen atoms in total. The number of ether oxygens (including phenoxy) is 2. The van der Waals surface area contributed by atoms with Crippen molar-refractivity contribution in [2.45, 2.75) is 23.8 Å². The Hall–Kier alpha value is -2.65. The van der Waals surface area contributed by atoms with Crippen molar-refractivity contribution in [1.29, 1.82) is 0 Å². The first-order valence-electron chi connectivity index (χ1n) is 8.93. The molecule has 2 aliphatic heterocycles. The summed E-state index contributed by atoms with van der Waals surface area (Å²) in [4.78, 5) is 12.7. The molecule has 1 saturated heterocycles. The van der Waals surface area contributed by atoms with Gasteiger partial charge >= 0.3 is 0 Å². The van der Waals surface area contributed by atoms with Crippen LogP contribution >= 0.6 is 0 Å². The van der Waals surface area contributed by atoms with Crippen LogP contribution in [0.5, 0.6) is 11.5 Å². The number of nitrogens with zero attached hydrogens (tertiary/aromatic N) is 1. The van der Waals surface area contributed by atoms with Gasteiger partial charge in [0.1, 0.15) is 25.1 Å². The molecule has 9 heteroatoms. The summed E-state index contributed by atoms with van der Waals surface area (Å²) >= 11 is 0. The largest absolute Gasteiger partial charge is 0.486 e. The fraction of sp³-hybridized carbons (Fsp3) is 0.316. The van der Waals surface area contributed by atoms with Gasteiger partial charge in [0.05, 0.1) is 4.90 Å². The molecule has 0 radical (unpaired) electrons. The molecule has 0 saturated carbocycles. The molecule has 1 N–H and O–H groups in total. The maximum atomic E-state index is 13.1. The number of hydrogen-bond acceptors (Lipinski definition) is 5. The zero-order chi connectivity index (χ0) is 19.7. The molecular weight excluding hydrogens is 387 g/mol. The summed E-state index contributed by atoms with van der Waals surface area (Å²) in [7, 11) is -3.90. The van der Waals surface area contributed by atoms with E-state index in [0.29, 0.717) is 43.2 Å². The van der Waals surface area contributed by atoms with Crippen molar-refractivity contribution in [3.63, 3.8) is 0 Å². The Morgan fingerprint density at radius 2 is 1.79 bits per heavy atom. The third-order valence-corrected chi connectivity index (χ3v) is 6.66. The van der Waals surface area contributed by atoms with Crippen molar-refractivity contribution in [3.05, 3.63) is 48.3 Å². The van der Waals surface area contributed by atoms with E-state index in [4.69, 9.17) is 9.47 Å². The van der Waals surface area contributed by atoms with Crippen molar-refractivity contribution in [1.82, 2.24) is 4.31 Å². The van der Waals surface area contributed by atoms with Crippen molar-refractivity contribution < 1.29 is 27.1 Å². The smallest absolute Gasteiger partial charge is 0.243 e. The number of anilines is 1. The number of hydrogen-bond donors (Lipinski definition) is 1. The number of carbonyl (C=O) groups is 1. The van der Waals surface area contributed by atoms with Gasteiger partial charge in [0, 0.05) is 18.3 Å². The maximum Gasteiger partial charge on any atom is 0.243 e. The van der Waals surface area contributed by atoms with Crippen LogP contribution in [0.3, 0.4) is 0 Å². The van der Waals surface area contributed by atoms with Crippen LogP contribution < -0.4 is 14.8 Å². The van der Waals surface area contributed by atoms with Crippen molar-refractivity contribution >= 4 is 21.6 Å². The first-order chi connectivity index (χ1) is 13.4. The van der Waals surface area contributed by atoms with Crippen LogP contribution in [-0.2, 0) is 14.8 Å². The number of amides is 1. The summed E-state index contributed by atoms with van der Waals surface area (Å²) in [6.07, 6.45) is 0.983. The number of benzene rings is 2. The van der Waals surface area contributed by atoms with E-state index >= 15 is 0 Å². The molecule has 4 rings (SSSR count). The molecule has 1 amide bonds. The van der Waals surface area contributed by atoms with Gasteiger partial charge in [0.15, 0.2) is 11.5 Å². The minimum Gasteiger partial charge on any atom is -0.486 e. The molecule has 2 heterocycles. The number of rotatable bonds is 4. The average molecular weight is 406 g/mol. The van der Waals surface area contributed by atoms with E-state index in [-0.39, 0.29) is 11.4 Å². The first-order valence-corrected chi connectivity index (χ1v) is 10.4. The topological polar surface area (TPSA) is 84.9 Å². The Morgan fingerprint density at radius 1 is 1.07 bits per heavy atom. The second-order valence-electron chi connectivity index (χ2n) is 6.58. The van der Waals surface area contributed by atoms with Crippen LogP contribution in [0.2, 0.25) is 0 Å². The summed E-state index contributed by atoms with van der Waals surface area (Å²) in [5.74, 6) is 0.199. The Balaban J connectivity index is 1.53. The summed E-state index contributed by atoms with van der Waals surface area (Å²) in [6, 6.07) is 8.80. The van der Waals surface area contributed by atoms with E-state index < -0.39 is 27.8 Å². The predicted molar refractivity (Wildman–Crippen MR) is 99.4 cm³/mol. The number of sulfonamides is 1. The fourth-order valence-corrected chi connectivity index (χ4v) is 5.03. The molecule has 148 valence electrons. The molecule has 0 spiro atoms. The van der Waals surface area contributed by atoms with Gasteiger partial charge < -0.3 is 14.8 Å². The normalized spacial score (nSPS) is 19.4. The van der Waals surface area contributed by atoms with Gasteiger partial charge in [-0.25, -0.2) is 12.8 Å². The van der Waals surface area contributed by atoms with Crippen LogP contribution in [0.15, 0.2) is 47.4 Å². The average Bonchev–Trinajstić information content (AvgIpc) is 3.19. The van der Waals surface area contributed by atoms with Crippen molar-refractivity contribution in [2.24, 2.45) is 0 Å². The fourth-order valence-electron chi connectivity index (χ4n) is 3.38. The van der Waals surface area contributed by atoms with Gasteiger partial charge in [0.2, 0.25) is 15.9 Å². The van der Waals surface area contributed by atoms with Gasteiger partial charge in [0.25, 0.3) is 0 Å². The van der Waals surface area contributed by atoms with Gasteiger partial charge in [-0.3, -0.25) is 4.79 Å². The second-order valence-corrected chi connectivity index (χ2v) is 8.47.